The number of hydrogen-bond acceptors (Lipinski definition) is 2. The van der Waals surface area contributed by atoms with Gasteiger partial charge in [0.15, 0.2) is 0 Å². The average molecular weight is 341 g/mol. The molecule has 1 aliphatic carbocycles. The number of nitrogens with zero attached hydrogens (tertiary/aromatic N) is 2. The first-order valence-corrected chi connectivity index (χ1v) is 8.08. The fraction of sp³-hybridized carbons (Fsp3) is 0.250. The van der Waals surface area contributed by atoms with Gasteiger partial charge in [-0.3, -0.25) is 4.68 Å². The zero-order valence-electron chi connectivity index (χ0n) is 14.2. The van der Waals surface area contributed by atoms with E-state index in [0.29, 0.717) is 17.9 Å². The predicted octanol–water partition coefficient (Wildman–Crippen LogP) is 5.14. The van der Waals surface area contributed by atoms with Crippen molar-refractivity contribution in [1.29, 1.82) is 0 Å². The van der Waals surface area contributed by atoms with Crippen LogP contribution < -0.4 is 0 Å². The van der Waals surface area contributed by atoms with Crippen LogP contribution in [0.3, 0.4) is 0 Å². The van der Waals surface area contributed by atoms with Crippen molar-refractivity contribution in [2.45, 2.75) is 26.7 Å². The number of halogens is 1. The molecule has 0 fully saturated rings. The molecule has 1 heterocycles. The average Bonchev–Trinajstić information content (AvgIpc) is 2.83. The molecular weight excluding hydrogens is 320 g/mol. The maximum absolute atomic E-state index is 9.82. The second-order valence-corrected chi connectivity index (χ2v) is 6.29. The number of terminal acetylenes is 1. The van der Waals surface area contributed by atoms with Gasteiger partial charge in [-0.15, -0.1) is 12.3 Å². The largest absolute Gasteiger partial charge is 0.510 e. The van der Waals surface area contributed by atoms with Crippen molar-refractivity contribution in [3.8, 4) is 12.3 Å². The second-order valence-electron chi connectivity index (χ2n) is 5.88. The Kier molecular flexibility index (Phi) is 5.89. The van der Waals surface area contributed by atoms with Gasteiger partial charge >= 0.3 is 0 Å². The summed E-state index contributed by atoms with van der Waals surface area (Å²) in [6.07, 6.45) is 18.0. The lowest BCUT2D eigenvalue weighted by molar-refractivity contribution is 0.400. The Hall–Kier alpha value is -2.44. The predicted molar refractivity (Wildman–Crippen MR) is 101 cm³/mol. The highest BCUT2D eigenvalue weighted by molar-refractivity contribution is 6.32. The molecule has 0 spiro atoms. The Labute approximate surface area is 148 Å². The van der Waals surface area contributed by atoms with Crippen LogP contribution in [0.25, 0.3) is 11.1 Å². The van der Waals surface area contributed by atoms with E-state index in [1.54, 1.807) is 10.8 Å². The van der Waals surface area contributed by atoms with Gasteiger partial charge in [-0.1, -0.05) is 41.5 Å². The minimum absolute atomic E-state index is 0.157. The molecule has 1 aliphatic rings. The molecule has 24 heavy (non-hydrogen) atoms. The van der Waals surface area contributed by atoms with Gasteiger partial charge in [0.05, 0.1) is 10.7 Å². The summed E-state index contributed by atoms with van der Waals surface area (Å²) in [5, 5.41) is 14.7. The van der Waals surface area contributed by atoms with Crippen molar-refractivity contribution in [2.75, 3.05) is 0 Å². The van der Waals surface area contributed by atoms with E-state index in [9.17, 15) is 5.11 Å². The van der Waals surface area contributed by atoms with Gasteiger partial charge in [-0.05, 0) is 25.5 Å². The Morgan fingerprint density at radius 1 is 1.46 bits per heavy atom. The SMILES string of the molecule is C#CC/C(=C\C=C(C)C)c1cn(C)nc1C1=CC(Cl)=C(O)CC=C1. The summed E-state index contributed by atoms with van der Waals surface area (Å²) in [4.78, 5) is 0. The second kappa shape index (κ2) is 7.90. The van der Waals surface area contributed by atoms with Crippen LogP contribution >= 0.6 is 11.6 Å². The minimum atomic E-state index is 0.157. The quantitative estimate of drug-likeness (QED) is 0.608. The Morgan fingerprint density at radius 3 is 2.88 bits per heavy atom. The molecule has 0 aliphatic heterocycles. The molecule has 0 unspecified atom stereocenters. The highest BCUT2D eigenvalue weighted by Gasteiger charge is 2.16. The van der Waals surface area contributed by atoms with Crippen molar-refractivity contribution in [3.63, 3.8) is 0 Å². The van der Waals surface area contributed by atoms with Gasteiger partial charge in [-0.2, -0.15) is 5.10 Å². The molecule has 0 amide bonds. The van der Waals surface area contributed by atoms with E-state index < -0.39 is 0 Å². The molecule has 1 N–H and O–H groups in total. The maximum Gasteiger partial charge on any atom is 0.115 e. The smallest absolute Gasteiger partial charge is 0.115 e. The van der Waals surface area contributed by atoms with Crippen LogP contribution in [0.15, 0.2) is 52.9 Å². The fourth-order valence-corrected chi connectivity index (χ4v) is 2.56. The first kappa shape index (κ1) is 17.9. The Morgan fingerprint density at radius 2 is 2.21 bits per heavy atom. The van der Waals surface area contributed by atoms with Crippen LogP contribution in [-0.4, -0.2) is 14.9 Å². The van der Waals surface area contributed by atoms with Crippen molar-refractivity contribution >= 4 is 22.7 Å². The van der Waals surface area contributed by atoms with E-state index in [1.165, 1.54) is 5.57 Å². The molecule has 1 aromatic heterocycles. The van der Waals surface area contributed by atoms with Gasteiger partial charge in [0.25, 0.3) is 0 Å². The number of aliphatic hydroxyl groups excluding tert-OH is 1. The number of hydrogen-bond donors (Lipinski definition) is 1. The number of aryl methyl sites for hydroxylation is 1. The summed E-state index contributed by atoms with van der Waals surface area (Å²) in [5.41, 5.74) is 4.82. The van der Waals surface area contributed by atoms with Crippen LogP contribution in [0.5, 0.6) is 0 Å². The third kappa shape index (κ3) is 4.31. The summed E-state index contributed by atoms with van der Waals surface area (Å²) >= 11 is 6.14. The third-order valence-corrected chi connectivity index (χ3v) is 3.85. The van der Waals surface area contributed by atoms with Gasteiger partial charge in [0, 0.05) is 37.2 Å². The van der Waals surface area contributed by atoms with E-state index in [1.807, 2.05) is 51.4 Å². The van der Waals surface area contributed by atoms with E-state index >= 15 is 0 Å². The van der Waals surface area contributed by atoms with Crippen molar-refractivity contribution < 1.29 is 5.11 Å². The molecule has 0 aromatic carbocycles. The van der Waals surface area contributed by atoms with E-state index in [-0.39, 0.29) is 5.76 Å². The lowest BCUT2D eigenvalue weighted by atomic mass is 9.98. The normalized spacial score (nSPS) is 15.0. The molecule has 4 heteroatoms. The van der Waals surface area contributed by atoms with E-state index in [2.05, 4.69) is 11.0 Å². The molecule has 0 saturated carbocycles. The molecule has 1 aromatic rings. The van der Waals surface area contributed by atoms with Gasteiger partial charge in [0.1, 0.15) is 5.76 Å². The van der Waals surface area contributed by atoms with E-state index in [4.69, 9.17) is 18.0 Å². The van der Waals surface area contributed by atoms with Crippen LogP contribution in [-0.2, 0) is 7.05 Å². The molecular formula is C20H21ClN2O. The van der Waals surface area contributed by atoms with Gasteiger partial charge in [0.2, 0.25) is 0 Å². The summed E-state index contributed by atoms with van der Waals surface area (Å²) in [6.45, 7) is 4.08. The lowest BCUT2D eigenvalue weighted by Gasteiger charge is -2.05. The summed E-state index contributed by atoms with van der Waals surface area (Å²) in [7, 11) is 1.87. The topological polar surface area (TPSA) is 38.0 Å². The number of rotatable bonds is 4. The van der Waals surface area contributed by atoms with E-state index in [0.717, 1.165) is 22.4 Å². The highest BCUT2D eigenvalue weighted by atomic mass is 35.5. The maximum atomic E-state index is 9.82. The van der Waals surface area contributed by atoms with Crippen LogP contribution in [0.4, 0.5) is 0 Å². The Bertz CT molecular complexity index is 822. The van der Waals surface area contributed by atoms with Gasteiger partial charge in [-0.25, -0.2) is 0 Å². The molecule has 0 saturated heterocycles. The molecule has 124 valence electrons. The van der Waals surface area contributed by atoms with Crippen molar-refractivity contribution in [1.82, 2.24) is 9.78 Å². The number of aliphatic hydroxyl groups is 1. The standard InChI is InChI=1S/C20H21ClN2O/c1-5-7-15(11-10-14(2)3)17-13-23(4)22-20(17)16-8-6-9-19(24)18(21)12-16/h1,6,8,10-13,24H,7,9H2,2-4H3/b15-11+. The fourth-order valence-electron chi connectivity index (χ4n) is 2.37. The first-order valence-electron chi connectivity index (χ1n) is 7.70. The van der Waals surface area contributed by atoms with Crippen LogP contribution in [0.2, 0.25) is 0 Å². The third-order valence-electron chi connectivity index (χ3n) is 3.53. The molecule has 0 atom stereocenters. The van der Waals surface area contributed by atoms with Crippen LogP contribution in [0, 0.1) is 12.3 Å². The van der Waals surface area contributed by atoms with Crippen molar-refractivity contribution in [3.05, 3.63) is 64.2 Å². The molecule has 2 rings (SSSR count). The zero-order valence-corrected chi connectivity index (χ0v) is 14.9. The number of aromatic nitrogens is 2. The minimum Gasteiger partial charge on any atom is -0.510 e. The number of allylic oxidation sites excluding steroid dienone is 9. The highest BCUT2D eigenvalue weighted by Crippen LogP contribution is 2.31. The van der Waals surface area contributed by atoms with Crippen LogP contribution in [0.1, 0.15) is 37.9 Å². The molecule has 0 bridgehead atoms. The summed E-state index contributed by atoms with van der Waals surface area (Å²) in [6, 6.07) is 0. The summed E-state index contributed by atoms with van der Waals surface area (Å²) in [5.74, 6) is 2.87. The van der Waals surface area contributed by atoms with Crippen molar-refractivity contribution in [2.24, 2.45) is 7.05 Å². The monoisotopic (exact) mass is 340 g/mol. The first-order chi connectivity index (χ1) is 11.4. The molecule has 3 nitrogen and oxygen atoms in total. The Balaban J connectivity index is 2.58. The zero-order chi connectivity index (χ0) is 17.7. The summed E-state index contributed by atoms with van der Waals surface area (Å²) < 4.78 is 1.76. The van der Waals surface area contributed by atoms with Gasteiger partial charge < -0.3 is 5.11 Å². The lowest BCUT2D eigenvalue weighted by Crippen LogP contribution is -1.92. The molecule has 0 radical (unpaired) electrons.